The maximum absolute atomic E-state index is 12.1. The second-order valence-electron chi connectivity index (χ2n) is 5.12. The molecule has 1 aliphatic rings. The first-order chi connectivity index (χ1) is 8.71. The van der Waals surface area contributed by atoms with Crippen molar-refractivity contribution in [3.8, 4) is 0 Å². The van der Waals surface area contributed by atoms with E-state index in [4.69, 9.17) is 5.84 Å². The summed E-state index contributed by atoms with van der Waals surface area (Å²) in [4.78, 5) is 12.1. The Bertz CT molecular complexity index is 427. The summed E-state index contributed by atoms with van der Waals surface area (Å²) < 4.78 is 0. The largest absolute Gasteiger partial charge is 0.351 e. The highest BCUT2D eigenvalue weighted by atomic mass is 16.1. The van der Waals surface area contributed by atoms with Gasteiger partial charge >= 0.3 is 0 Å². The molecule has 4 nitrogen and oxygen atoms in total. The summed E-state index contributed by atoms with van der Waals surface area (Å²) in [6.45, 7) is 2.97. The molecule has 0 saturated heterocycles. The van der Waals surface area contributed by atoms with Crippen molar-refractivity contribution in [2.75, 3.05) is 12.0 Å². The number of hydrazine groups is 1. The highest BCUT2D eigenvalue weighted by Gasteiger charge is 2.41. The second kappa shape index (κ2) is 5.40. The lowest BCUT2D eigenvalue weighted by atomic mass is 10.0. The van der Waals surface area contributed by atoms with E-state index >= 15 is 0 Å². The van der Waals surface area contributed by atoms with E-state index in [1.807, 2.05) is 12.1 Å². The molecule has 2 rings (SSSR count). The lowest BCUT2D eigenvalue weighted by Crippen LogP contribution is -2.31. The maximum atomic E-state index is 12.1. The minimum atomic E-state index is -0.0501. The summed E-state index contributed by atoms with van der Waals surface area (Å²) in [5, 5.41) is 3.03. The van der Waals surface area contributed by atoms with Gasteiger partial charge in [0.1, 0.15) is 0 Å². The lowest BCUT2D eigenvalue weighted by Gasteiger charge is -2.15. The Balaban J connectivity index is 1.96. The molecular weight excluding hydrogens is 226 g/mol. The Morgan fingerprint density at radius 1 is 1.39 bits per heavy atom. The van der Waals surface area contributed by atoms with Crippen LogP contribution in [-0.4, -0.2) is 12.5 Å². The van der Waals surface area contributed by atoms with Gasteiger partial charge in [-0.2, -0.15) is 0 Å². The average Bonchev–Trinajstić information content (AvgIpc) is 3.16. The van der Waals surface area contributed by atoms with Crippen LogP contribution in [0.1, 0.15) is 43.0 Å². The van der Waals surface area contributed by atoms with Crippen molar-refractivity contribution in [3.05, 3.63) is 29.8 Å². The normalized spacial score (nSPS) is 16.1. The number of nitrogens with two attached hydrogens (primary N) is 1. The van der Waals surface area contributed by atoms with Crippen LogP contribution in [0.2, 0.25) is 0 Å². The standard InChI is InChI=1S/C14H21N3O/c1-2-7-14(8-9-14)10-16-13(18)11-5-3-4-6-12(11)17-15/h3-6,17H,2,7-10,15H2,1H3,(H,16,18). The molecule has 0 atom stereocenters. The fraction of sp³-hybridized carbons (Fsp3) is 0.500. The summed E-state index contributed by atoms with van der Waals surface area (Å²) >= 11 is 0. The van der Waals surface area contributed by atoms with Crippen molar-refractivity contribution in [3.63, 3.8) is 0 Å². The zero-order chi connectivity index (χ0) is 13.0. The highest BCUT2D eigenvalue weighted by Crippen LogP contribution is 2.48. The first-order valence-corrected chi connectivity index (χ1v) is 6.55. The van der Waals surface area contributed by atoms with Crippen LogP contribution in [0.5, 0.6) is 0 Å². The van der Waals surface area contributed by atoms with E-state index in [-0.39, 0.29) is 5.91 Å². The molecule has 1 aromatic carbocycles. The number of nitrogen functional groups attached to an aromatic ring is 1. The summed E-state index contributed by atoms with van der Waals surface area (Å²) in [5.41, 5.74) is 4.19. The number of carbonyl (C=O) groups is 1. The van der Waals surface area contributed by atoms with Gasteiger partial charge in [0.2, 0.25) is 0 Å². The van der Waals surface area contributed by atoms with Crippen LogP contribution in [0.4, 0.5) is 5.69 Å². The molecule has 0 unspecified atom stereocenters. The Hall–Kier alpha value is -1.55. The third kappa shape index (κ3) is 2.82. The smallest absolute Gasteiger partial charge is 0.253 e. The maximum Gasteiger partial charge on any atom is 0.253 e. The van der Waals surface area contributed by atoms with Crippen LogP contribution in [-0.2, 0) is 0 Å². The highest BCUT2D eigenvalue weighted by molar-refractivity contribution is 5.99. The number of rotatable bonds is 6. The summed E-state index contributed by atoms with van der Waals surface area (Å²) in [6, 6.07) is 7.28. The van der Waals surface area contributed by atoms with Crippen molar-refractivity contribution in [1.29, 1.82) is 0 Å². The third-order valence-corrected chi connectivity index (χ3v) is 3.69. The third-order valence-electron chi connectivity index (χ3n) is 3.69. The number of carbonyl (C=O) groups excluding carboxylic acids is 1. The number of benzene rings is 1. The number of para-hydroxylation sites is 1. The minimum absolute atomic E-state index is 0.0501. The van der Waals surface area contributed by atoms with Gasteiger partial charge in [0.15, 0.2) is 0 Å². The predicted octanol–water partition coefficient (Wildman–Crippen LogP) is 2.28. The number of hydrogen-bond acceptors (Lipinski definition) is 3. The monoisotopic (exact) mass is 247 g/mol. The molecule has 18 heavy (non-hydrogen) atoms. The molecule has 0 bridgehead atoms. The van der Waals surface area contributed by atoms with Crippen LogP contribution < -0.4 is 16.6 Å². The number of amides is 1. The Kier molecular flexibility index (Phi) is 3.87. The fourth-order valence-corrected chi connectivity index (χ4v) is 2.39. The van der Waals surface area contributed by atoms with Crippen LogP contribution in [0.25, 0.3) is 0 Å². The lowest BCUT2D eigenvalue weighted by molar-refractivity contribution is 0.0944. The van der Waals surface area contributed by atoms with E-state index < -0.39 is 0 Å². The van der Waals surface area contributed by atoms with Crippen molar-refractivity contribution in [1.82, 2.24) is 5.32 Å². The first kappa shape index (κ1) is 12.9. The van der Waals surface area contributed by atoms with Gasteiger partial charge in [-0.15, -0.1) is 0 Å². The Labute approximate surface area is 108 Å². The number of nitrogens with one attached hydrogen (secondary N) is 2. The van der Waals surface area contributed by atoms with E-state index in [0.29, 0.717) is 16.7 Å². The van der Waals surface area contributed by atoms with Crippen LogP contribution in [0.15, 0.2) is 24.3 Å². The number of anilines is 1. The first-order valence-electron chi connectivity index (χ1n) is 6.55. The van der Waals surface area contributed by atoms with Gasteiger partial charge in [0.25, 0.3) is 5.91 Å². The molecule has 0 aliphatic heterocycles. The summed E-state index contributed by atoms with van der Waals surface area (Å²) in [7, 11) is 0. The molecule has 1 fully saturated rings. The van der Waals surface area contributed by atoms with Gasteiger partial charge in [-0.3, -0.25) is 10.6 Å². The SMILES string of the molecule is CCCC1(CNC(=O)c2ccccc2NN)CC1. The van der Waals surface area contributed by atoms with Crippen molar-refractivity contribution in [2.24, 2.45) is 11.3 Å². The van der Waals surface area contributed by atoms with E-state index in [1.54, 1.807) is 12.1 Å². The van der Waals surface area contributed by atoms with Crippen LogP contribution in [0, 0.1) is 5.41 Å². The average molecular weight is 247 g/mol. The van der Waals surface area contributed by atoms with Crippen molar-refractivity contribution >= 4 is 11.6 Å². The zero-order valence-electron chi connectivity index (χ0n) is 10.8. The molecule has 4 heteroatoms. The predicted molar refractivity (Wildman–Crippen MR) is 73.2 cm³/mol. The Morgan fingerprint density at radius 3 is 2.72 bits per heavy atom. The molecule has 0 heterocycles. The minimum Gasteiger partial charge on any atom is -0.351 e. The molecule has 0 radical (unpaired) electrons. The van der Waals surface area contributed by atoms with Gasteiger partial charge in [-0.25, -0.2) is 0 Å². The van der Waals surface area contributed by atoms with E-state index in [0.717, 1.165) is 6.54 Å². The zero-order valence-corrected chi connectivity index (χ0v) is 10.8. The van der Waals surface area contributed by atoms with Crippen LogP contribution >= 0.6 is 0 Å². The molecule has 0 spiro atoms. The van der Waals surface area contributed by atoms with E-state index in [2.05, 4.69) is 17.7 Å². The molecule has 0 aromatic heterocycles. The Morgan fingerprint density at radius 2 is 2.11 bits per heavy atom. The quantitative estimate of drug-likeness (QED) is 0.533. The van der Waals surface area contributed by atoms with E-state index in [1.165, 1.54) is 25.7 Å². The van der Waals surface area contributed by atoms with Gasteiger partial charge in [-0.1, -0.05) is 25.5 Å². The molecule has 4 N–H and O–H groups in total. The van der Waals surface area contributed by atoms with E-state index in [9.17, 15) is 4.79 Å². The fourth-order valence-electron chi connectivity index (χ4n) is 2.39. The van der Waals surface area contributed by atoms with Crippen molar-refractivity contribution in [2.45, 2.75) is 32.6 Å². The molecule has 1 saturated carbocycles. The second-order valence-corrected chi connectivity index (χ2v) is 5.12. The molecule has 1 aromatic rings. The van der Waals surface area contributed by atoms with Gasteiger partial charge in [0.05, 0.1) is 11.3 Å². The number of hydrogen-bond donors (Lipinski definition) is 3. The van der Waals surface area contributed by atoms with Crippen molar-refractivity contribution < 1.29 is 4.79 Å². The van der Waals surface area contributed by atoms with Gasteiger partial charge < -0.3 is 10.7 Å². The molecular formula is C14H21N3O. The molecule has 1 aliphatic carbocycles. The summed E-state index contributed by atoms with van der Waals surface area (Å²) in [5.74, 6) is 5.35. The molecule has 98 valence electrons. The van der Waals surface area contributed by atoms with Gasteiger partial charge in [-0.05, 0) is 36.8 Å². The topological polar surface area (TPSA) is 67.2 Å². The molecule has 1 amide bonds. The van der Waals surface area contributed by atoms with Gasteiger partial charge in [0, 0.05) is 6.54 Å². The summed E-state index contributed by atoms with van der Waals surface area (Å²) in [6.07, 6.45) is 4.84. The van der Waals surface area contributed by atoms with Crippen LogP contribution in [0.3, 0.4) is 0 Å².